The minimum Gasteiger partial charge on any atom is -0.394 e. The summed E-state index contributed by atoms with van der Waals surface area (Å²) in [6.07, 6.45) is -1.92. The molecule has 0 saturated carbocycles. The van der Waals surface area contributed by atoms with E-state index >= 15 is 0 Å². The van der Waals surface area contributed by atoms with Gasteiger partial charge in [-0.3, -0.25) is 14.3 Å². The van der Waals surface area contributed by atoms with Crippen LogP contribution in [0.1, 0.15) is 13.2 Å². The summed E-state index contributed by atoms with van der Waals surface area (Å²) < 4.78 is 12.6. The average Bonchev–Trinajstić information content (AvgIpc) is 3.02. The van der Waals surface area contributed by atoms with Crippen molar-refractivity contribution >= 4 is 17.1 Å². The second kappa shape index (κ2) is 5.65. The van der Waals surface area contributed by atoms with Crippen molar-refractivity contribution in [2.75, 3.05) is 18.9 Å². The number of imidazole rings is 1. The van der Waals surface area contributed by atoms with Gasteiger partial charge in [-0.2, -0.15) is 4.98 Å². The van der Waals surface area contributed by atoms with Gasteiger partial charge in [0.2, 0.25) is 5.95 Å². The van der Waals surface area contributed by atoms with Crippen LogP contribution >= 0.6 is 0 Å². The van der Waals surface area contributed by atoms with Crippen molar-refractivity contribution in [3.05, 3.63) is 16.7 Å². The fourth-order valence-corrected chi connectivity index (χ4v) is 2.59. The number of anilines is 1. The third-order valence-corrected chi connectivity index (χ3v) is 3.58. The molecule has 10 heteroatoms. The standard InChI is InChI=1S/C12H17N5O5/c1-2-21-8-7(19)5(3-18)22-11(8)17-4-14-6-9(17)15-12(13)16-10(6)20/h4-5,7-8,11,18-19H,2-3H2,1H3,(H3,13,15,16,20). The quantitative estimate of drug-likeness (QED) is 0.525. The molecule has 2 aromatic rings. The van der Waals surface area contributed by atoms with Gasteiger partial charge in [-0.15, -0.1) is 0 Å². The number of nitrogens with one attached hydrogen (secondary N) is 1. The van der Waals surface area contributed by atoms with E-state index in [2.05, 4.69) is 15.0 Å². The predicted molar refractivity (Wildman–Crippen MR) is 75.0 cm³/mol. The Hall–Kier alpha value is -2.01. The molecule has 0 bridgehead atoms. The van der Waals surface area contributed by atoms with Crippen LogP contribution in [-0.4, -0.2) is 61.3 Å². The van der Waals surface area contributed by atoms with Crippen LogP contribution in [0.2, 0.25) is 0 Å². The molecule has 3 rings (SSSR count). The normalized spacial score (nSPS) is 28.5. The van der Waals surface area contributed by atoms with E-state index in [1.807, 2.05) is 0 Å². The fourth-order valence-electron chi connectivity index (χ4n) is 2.59. The number of fused-ring (bicyclic) bond motifs is 1. The van der Waals surface area contributed by atoms with Crippen molar-refractivity contribution in [2.45, 2.75) is 31.5 Å². The Labute approximate surface area is 124 Å². The zero-order chi connectivity index (χ0) is 15.9. The highest BCUT2D eigenvalue weighted by molar-refractivity contribution is 5.70. The number of H-pyrrole nitrogens is 1. The number of aromatic amines is 1. The SMILES string of the molecule is CCOC1C(O)C(CO)OC1n1cnc2c(=O)[nH]c(N)nc21. The highest BCUT2D eigenvalue weighted by atomic mass is 16.6. The van der Waals surface area contributed by atoms with Crippen LogP contribution in [0, 0.1) is 0 Å². The zero-order valence-electron chi connectivity index (χ0n) is 11.8. The summed E-state index contributed by atoms with van der Waals surface area (Å²) in [7, 11) is 0. The van der Waals surface area contributed by atoms with E-state index in [-0.39, 0.29) is 23.7 Å². The number of aliphatic hydroxyl groups excluding tert-OH is 2. The number of rotatable bonds is 4. The summed E-state index contributed by atoms with van der Waals surface area (Å²) in [6.45, 7) is 1.77. The lowest BCUT2D eigenvalue weighted by Gasteiger charge is -2.21. The number of nitrogens with two attached hydrogens (primary N) is 1. The predicted octanol–water partition coefficient (Wildman–Crippen LogP) is -1.64. The Balaban J connectivity index is 2.07. The van der Waals surface area contributed by atoms with E-state index in [0.29, 0.717) is 6.61 Å². The summed E-state index contributed by atoms with van der Waals surface area (Å²) >= 11 is 0. The van der Waals surface area contributed by atoms with E-state index < -0.39 is 30.1 Å². The molecule has 10 nitrogen and oxygen atoms in total. The van der Waals surface area contributed by atoms with Crippen molar-refractivity contribution in [1.29, 1.82) is 0 Å². The van der Waals surface area contributed by atoms with Crippen molar-refractivity contribution < 1.29 is 19.7 Å². The van der Waals surface area contributed by atoms with Gasteiger partial charge in [0.1, 0.15) is 18.3 Å². The number of hydrogen-bond acceptors (Lipinski definition) is 8. The summed E-state index contributed by atoms with van der Waals surface area (Å²) in [4.78, 5) is 22.2. The molecule has 22 heavy (non-hydrogen) atoms. The van der Waals surface area contributed by atoms with Crippen molar-refractivity contribution in [2.24, 2.45) is 0 Å². The van der Waals surface area contributed by atoms with Gasteiger partial charge in [0.25, 0.3) is 5.56 Å². The van der Waals surface area contributed by atoms with E-state index in [1.54, 1.807) is 6.92 Å². The van der Waals surface area contributed by atoms with Crippen LogP contribution in [0.5, 0.6) is 0 Å². The van der Waals surface area contributed by atoms with Gasteiger partial charge >= 0.3 is 0 Å². The van der Waals surface area contributed by atoms with Crippen molar-refractivity contribution in [1.82, 2.24) is 19.5 Å². The molecule has 0 amide bonds. The van der Waals surface area contributed by atoms with Crippen LogP contribution in [0.25, 0.3) is 11.2 Å². The van der Waals surface area contributed by atoms with Gasteiger partial charge in [0.05, 0.1) is 12.9 Å². The van der Waals surface area contributed by atoms with Gasteiger partial charge in [-0.25, -0.2) is 4.98 Å². The van der Waals surface area contributed by atoms with E-state index in [1.165, 1.54) is 10.9 Å². The molecule has 1 aliphatic rings. The van der Waals surface area contributed by atoms with Gasteiger partial charge in [-0.1, -0.05) is 0 Å². The Kier molecular flexibility index (Phi) is 3.83. The minimum atomic E-state index is -1.01. The third-order valence-electron chi connectivity index (χ3n) is 3.58. The molecule has 0 aliphatic carbocycles. The Bertz CT molecular complexity index is 728. The molecule has 1 fully saturated rings. The molecule has 5 N–H and O–H groups in total. The monoisotopic (exact) mass is 311 g/mol. The van der Waals surface area contributed by atoms with Gasteiger partial charge in [0, 0.05) is 6.61 Å². The lowest BCUT2D eigenvalue weighted by Crippen LogP contribution is -2.35. The lowest BCUT2D eigenvalue weighted by molar-refractivity contribution is -0.0676. The van der Waals surface area contributed by atoms with Crippen LogP contribution in [0.3, 0.4) is 0 Å². The summed E-state index contributed by atoms with van der Waals surface area (Å²) in [5.74, 6) is -0.0514. The maximum atomic E-state index is 11.8. The first-order valence-electron chi connectivity index (χ1n) is 6.85. The summed E-state index contributed by atoms with van der Waals surface area (Å²) in [5.41, 5.74) is 5.42. The van der Waals surface area contributed by atoms with E-state index in [4.69, 9.17) is 15.2 Å². The first-order valence-corrected chi connectivity index (χ1v) is 6.85. The number of aromatic nitrogens is 4. The fraction of sp³-hybridized carbons (Fsp3) is 0.583. The topological polar surface area (TPSA) is 149 Å². The Morgan fingerprint density at radius 3 is 3.05 bits per heavy atom. The molecule has 0 spiro atoms. The van der Waals surface area contributed by atoms with Gasteiger partial charge in [-0.05, 0) is 6.92 Å². The number of ether oxygens (including phenoxy) is 2. The average molecular weight is 311 g/mol. The van der Waals surface area contributed by atoms with Crippen molar-refractivity contribution in [3.8, 4) is 0 Å². The molecule has 1 saturated heterocycles. The maximum absolute atomic E-state index is 11.8. The first kappa shape index (κ1) is 14.9. The molecule has 2 aromatic heterocycles. The summed E-state index contributed by atoms with van der Waals surface area (Å²) in [5, 5.41) is 19.5. The summed E-state index contributed by atoms with van der Waals surface area (Å²) in [6, 6.07) is 0. The number of nitrogen functional groups attached to an aromatic ring is 1. The molecule has 3 heterocycles. The molecule has 4 unspecified atom stereocenters. The van der Waals surface area contributed by atoms with Crippen LogP contribution in [0.15, 0.2) is 11.1 Å². The highest BCUT2D eigenvalue weighted by Gasteiger charge is 2.45. The second-order valence-electron chi connectivity index (χ2n) is 4.93. The van der Waals surface area contributed by atoms with Crippen LogP contribution in [0.4, 0.5) is 5.95 Å². The largest absolute Gasteiger partial charge is 0.394 e. The molecule has 1 aliphatic heterocycles. The smallest absolute Gasteiger partial charge is 0.280 e. The molecule has 0 aromatic carbocycles. The van der Waals surface area contributed by atoms with Gasteiger partial charge in [0.15, 0.2) is 17.4 Å². The molecular formula is C12H17N5O5. The number of hydrogen-bond donors (Lipinski definition) is 4. The first-order chi connectivity index (χ1) is 10.6. The maximum Gasteiger partial charge on any atom is 0.280 e. The van der Waals surface area contributed by atoms with E-state index in [9.17, 15) is 15.0 Å². The lowest BCUT2D eigenvalue weighted by atomic mass is 10.1. The molecular weight excluding hydrogens is 294 g/mol. The van der Waals surface area contributed by atoms with Crippen LogP contribution in [-0.2, 0) is 9.47 Å². The molecule has 0 radical (unpaired) electrons. The molecule has 4 atom stereocenters. The number of aliphatic hydroxyl groups is 2. The van der Waals surface area contributed by atoms with E-state index in [0.717, 1.165) is 0 Å². The highest BCUT2D eigenvalue weighted by Crippen LogP contribution is 2.33. The second-order valence-corrected chi connectivity index (χ2v) is 4.93. The van der Waals surface area contributed by atoms with Crippen molar-refractivity contribution in [3.63, 3.8) is 0 Å². The Morgan fingerprint density at radius 1 is 1.59 bits per heavy atom. The Morgan fingerprint density at radius 2 is 2.36 bits per heavy atom. The zero-order valence-corrected chi connectivity index (χ0v) is 11.8. The molecule has 120 valence electrons. The number of nitrogens with zero attached hydrogens (tertiary/aromatic N) is 3. The van der Waals surface area contributed by atoms with Crippen LogP contribution < -0.4 is 11.3 Å². The third kappa shape index (κ3) is 2.25. The minimum absolute atomic E-state index is 0.0514. The van der Waals surface area contributed by atoms with Gasteiger partial charge < -0.3 is 25.4 Å².